The number of benzene rings is 2. The largest absolute Gasteiger partial charge is 0.490 e. The first-order valence-corrected chi connectivity index (χ1v) is 17.2. The number of amides is 1. The fraction of sp³-hybridized carbons (Fsp3) is 0.545. The summed E-state index contributed by atoms with van der Waals surface area (Å²) in [5.74, 6) is 0.861. The summed E-state index contributed by atoms with van der Waals surface area (Å²) >= 11 is 6.42. The molecule has 2 N–H and O–H groups in total. The van der Waals surface area contributed by atoms with Gasteiger partial charge in [0.2, 0.25) is 0 Å². The number of methoxy groups -OCH3 is 1. The second-order valence-corrected chi connectivity index (χ2v) is 14.9. The first-order chi connectivity index (χ1) is 20.0. The molecule has 228 valence electrons. The van der Waals surface area contributed by atoms with Crippen molar-refractivity contribution in [1.82, 2.24) is 0 Å². The van der Waals surface area contributed by atoms with Crippen LogP contribution in [0.25, 0.3) is 0 Å². The summed E-state index contributed by atoms with van der Waals surface area (Å²) in [6.45, 7) is 8.51. The molecule has 0 aromatic heterocycles. The third-order valence-corrected chi connectivity index (χ3v) is 11.2. The SMILES string of the molecule is CC[C@H]1CN2C[C@@]3(CCCc4cc(Cl)ccc43)COc3ccc(cc32)C(=O)N=S(N)(=O)C[C@@H](C)C/C=C/[C@H](OC)[C@@H]1C. The lowest BCUT2D eigenvalue weighted by Gasteiger charge is -2.42. The summed E-state index contributed by atoms with van der Waals surface area (Å²) < 4.78 is 29.8. The highest BCUT2D eigenvalue weighted by Crippen LogP contribution is 2.45. The van der Waals surface area contributed by atoms with Crippen LogP contribution in [0.2, 0.25) is 5.02 Å². The van der Waals surface area contributed by atoms with Crippen LogP contribution in [0.15, 0.2) is 52.9 Å². The topological polar surface area (TPSA) is 94.2 Å². The first kappa shape index (κ1) is 31.0. The molecule has 0 fully saturated rings. The minimum absolute atomic E-state index is 0.00151. The van der Waals surface area contributed by atoms with Crippen LogP contribution in [0.1, 0.15) is 67.9 Å². The van der Waals surface area contributed by atoms with Crippen molar-refractivity contribution >= 4 is 33.1 Å². The van der Waals surface area contributed by atoms with E-state index in [9.17, 15) is 9.00 Å². The number of nitrogens with zero attached hydrogens (tertiary/aromatic N) is 2. The summed E-state index contributed by atoms with van der Waals surface area (Å²) in [5, 5.41) is 6.85. The summed E-state index contributed by atoms with van der Waals surface area (Å²) in [6, 6.07) is 11.7. The predicted molar refractivity (Wildman–Crippen MR) is 171 cm³/mol. The van der Waals surface area contributed by atoms with E-state index in [0.29, 0.717) is 24.5 Å². The van der Waals surface area contributed by atoms with Gasteiger partial charge in [0.25, 0.3) is 5.91 Å². The third kappa shape index (κ3) is 6.57. The molecule has 2 aliphatic heterocycles. The van der Waals surface area contributed by atoms with Crippen LogP contribution in [-0.2, 0) is 26.5 Å². The van der Waals surface area contributed by atoms with Crippen molar-refractivity contribution in [2.75, 3.05) is 37.5 Å². The number of hydrogen-bond acceptors (Lipinski definition) is 5. The number of aryl methyl sites for hydroxylation is 1. The Hall–Kier alpha value is -2.39. The molecule has 5 rings (SSSR count). The first-order valence-electron chi connectivity index (χ1n) is 15.1. The highest BCUT2D eigenvalue weighted by Gasteiger charge is 2.42. The summed E-state index contributed by atoms with van der Waals surface area (Å²) in [4.78, 5) is 15.7. The summed E-state index contributed by atoms with van der Waals surface area (Å²) in [6.07, 6.45) is 8.84. The predicted octanol–water partition coefficient (Wildman–Crippen LogP) is 6.57. The standard InChI is InChI=1S/C33H44ClN3O4S/c1-5-24-18-37-20-33(15-7-9-25-16-27(34)12-13-28(25)33)21-41-31-14-11-26(17-29(31)37)32(38)36-42(35,39)19-22(2)8-6-10-30(40-4)23(24)3/h6,10-14,16-17,22-24,30H,5,7-9,15,18-21H2,1-4H3,(H2,35,36,38,39)/b10-6+/t22-,23+,24-,30-,33-,42?/m0/s1. The molecule has 0 saturated carbocycles. The Kier molecular flexibility index (Phi) is 9.38. The zero-order chi connectivity index (χ0) is 30.1. The molecule has 3 aliphatic rings. The van der Waals surface area contributed by atoms with Crippen LogP contribution in [0.5, 0.6) is 5.75 Å². The molecular formula is C33H44ClN3O4S. The number of halogens is 1. The molecule has 2 bridgehead atoms. The lowest BCUT2D eigenvalue weighted by atomic mass is 9.70. The number of hydrogen-bond donors (Lipinski definition) is 1. The van der Waals surface area contributed by atoms with E-state index in [1.807, 2.05) is 25.1 Å². The molecule has 1 unspecified atom stereocenters. The number of ether oxygens (including phenoxy) is 2. The minimum Gasteiger partial charge on any atom is -0.490 e. The van der Waals surface area contributed by atoms with Gasteiger partial charge in [-0.2, -0.15) is 0 Å². The van der Waals surface area contributed by atoms with Gasteiger partial charge in [0.05, 0.1) is 18.4 Å². The van der Waals surface area contributed by atoms with Crippen molar-refractivity contribution in [3.63, 3.8) is 0 Å². The van der Waals surface area contributed by atoms with Crippen molar-refractivity contribution in [3.8, 4) is 5.75 Å². The van der Waals surface area contributed by atoms with Gasteiger partial charge in [-0.15, -0.1) is 4.36 Å². The van der Waals surface area contributed by atoms with Crippen molar-refractivity contribution in [2.24, 2.45) is 27.3 Å². The number of carbonyl (C=O) groups is 1. The molecule has 2 aromatic rings. The van der Waals surface area contributed by atoms with Gasteiger partial charge in [-0.3, -0.25) is 4.79 Å². The zero-order valence-corrected chi connectivity index (χ0v) is 26.8. The maximum Gasteiger partial charge on any atom is 0.286 e. The van der Waals surface area contributed by atoms with E-state index in [2.05, 4.69) is 47.4 Å². The van der Waals surface area contributed by atoms with Gasteiger partial charge in [-0.25, -0.2) is 9.35 Å². The van der Waals surface area contributed by atoms with E-state index < -0.39 is 15.8 Å². The van der Waals surface area contributed by atoms with Crippen LogP contribution in [0, 0.1) is 17.8 Å². The number of anilines is 1. The second kappa shape index (κ2) is 12.7. The van der Waals surface area contributed by atoms with Gasteiger partial charge in [-0.1, -0.05) is 57.0 Å². The summed E-state index contributed by atoms with van der Waals surface area (Å²) in [5.41, 5.74) is 3.57. The van der Waals surface area contributed by atoms with Crippen LogP contribution < -0.4 is 14.8 Å². The highest BCUT2D eigenvalue weighted by molar-refractivity contribution is 7.91. The van der Waals surface area contributed by atoms with E-state index in [0.717, 1.165) is 55.2 Å². The molecule has 1 spiro atoms. The van der Waals surface area contributed by atoms with Gasteiger partial charge in [0.15, 0.2) is 0 Å². The molecule has 1 aliphatic carbocycles. The zero-order valence-electron chi connectivity index (χ0n) is 25.2. The molecule has 1 amide bonds. The van der Waals surface area contributed by atoms with E-state index in [1.54, 1.807) is 13.2 Å². The maximum atomic E-state index is 13.3. The number of nitrogens with two attached hydrogens (primary N) is 1. The molecule has 0 radical (unpaired) electrons. The molecule has 42 heavy (non-hydrogen) atoms. The monoisotopic (exact) mass is 613 g/mol. The smallest absolute Gasteiger partial charge is 0.286 e. The van der Waals surface area contributed by atoms with Crippen molar-refractivity contribution in [3.05, 3.63) is 70.3 Å². The Labute approximate surface area is 256 Å². The number of allylic oxidation sites excluding steroid dienone is 1. The average molecular weight is 614 g/mol. The molecule has 0 saturated heterocycles. The fourth-order valence-corrected chi connectivity index (χ4v) is 8.69. The van der Waals surface area contributed by atoms with Gasteiger partial charge < -0.3 is 14.4 Å². The lowest BCUT2D eigenvalue weighted by Crippen LogP contribution is -2.47. The fourth-order valence-electron chi connectivity index (χ4n) is 7.09. The Balaban J connectivity index is 1.63. The maximum absolute atomic E-state index is 13.3. The van der Waals surface area contributed by atoms with Gasteiger partial charge in [0.1, 0.15) is 15.7 Å². The van der Waals surface area contributed by atoms with E-state index in [4.69, 9.17) is 26.2 Å². The quantitative estimate of drug-likeness (QED) is 0.387. The number of fused-ring (bicyclic) bond motifs is 3. The number of rotatable bonds is 2. The third-order valence-electron chi connectivity index (χ3n) is 9.42. The minimum atomic E-state index is -3.20. The van der Waals surface area contributed by atoms with E-state index in [1.165, 1.54) is 11.1 Å². The van der Waals surface area contributed by atoms with Crippen LogP contribution >= 0.6 is 11.6 Å². The second-order valence-electron chi connectivity index (χ2n) is 12.5. The number of carbonyl (C=O) groups excluding carboxylic acids is 1. The molecular weight excluding hydrogens is 570 g/mol. The Morgan fingerprint density at radius 1 is 1.24 bits per heavy atom. The Morgan fingerprint density at radius 2 is 2.05 bits per heavy atom. The molecule has 9 heteroatoms. The van der Waals surface area contributed by atoms with Crippen LogP contribution in [0.4, 0.5) is 5.69 Å². The lowest BCUT2D eigenvalue weighted by molar-refractivity contribution is 0.0693. The van der Waals surface area contributed by atoms with Crippen LogP contribution in [0.3, 0.4) is 0 Å². The van der Waals surface area contributed by atoms with E-state index >= 15 is 0 Å². The van der Waals surface area contributed by atoms with Crippen molar-refractivity contribution in [1.29, 1.82) is 0 Å². The molecule has 2 heterocycles. The van der Waals surface area contributed by atoms with E-state index in [-0.39, 0.29) is 29.1 Å². The van der Waals surface area contributed by atoms with Gasteiger partial charge >= 0.3 is 0 Å². The van der Waals surface area contributed by atoms with Crippen LogP contribution in [-0.4, -0.2) is 48.8 Å². The van der Waals surface area contributed by atoms with Gasteiger partial charge in [-0.05, 0) is 84.9 Å². The average Bonchev–Trinajstić information content (AvgIpc) is 3.09. The molecule has 7 nitrogen and oxygen atoms in total. The highest BCUT2D eigenvalue weighted by atomic mass is 35.5. The Morgan fingerprint density at radius 3 is 2.81 bits per heavy atom. The molecule has 2 aromatic carbocycles. The van der Waals surface area contributed by atoms with Crippen molar-refractivity contribution in [2.45, 2.75) is 64.4 Å². The normalized spacial score (nSPS) is 32.8. The Bertz CT molecular complexity index is 1470. The molecule has 6 atom stereocenters. The van der Waals surface area contributed by atoms with Crippen molar-refractivity contribution < 1.29 is 18.5 Å². The van der Waals surface area contributed by atoms with Gasteiger partial charge in [0, 0.05) is 42.0 Å². The summed E-state index contributed by atoms with van der Waals surface area (Å²) in [7, 11) is -1.43.